The van der Waals surface area contributed by atoms with Gasteiger partial charge in [0.25, 0.3) is 0 Å². The van der Waals surface area contributed by atoms with Crippen molar-refractivity contribution in [2.24, 2.45) is 0 Å². The quantitative estimate of drug-likeness (QED) is 0.837. The number of thiophene rings is 1. The molecule has 0 spiro atoms. The van der Waals surface area contributed by atoms with Crippen LogP contribution in [-0.2, 0) is 12.0 Å². The van der Waals surface area contributed by atoms with Crippen molar-refractivity contribution in [3.63, 3.8) is 0 Å². The molecule has 3 heteroatoms. The fourth-order valence-corrected chi connectivity index (χ4v) is 3.21. The van der Waals surface area contributed by atoms with E-state index < -0.39 is 0 Å². The van der Waals surface area contributed by atoms with Crippen molar-refractivity contribution in [2.75, 3.05) is 6.54 Å². The molecule has 1 N–H and O–H groups in total. The van der Waals surface area contributed by atoms with Gasteiger partial charge in [0.05, 0.1) is 0 Å². The van der Waals surface area contributed by atoms with Gasteiger partial charge in [-0.1, -0.05) is 43.6 Å². The number of benzene rings is 1. The summed E-state index contributed by atoms with van der Waals surface area (Å²) in [6.45, 7) is 8.35. The number of rotatable bonds is 5. The van der Waals surface area contributed by atoms with Crippen LogP contribution in [0.2, 0.25) is 5.02 Å². The maximum atomic E-state index is 6.24. The minimum absolute atomic E-state index is 0.158. The van der Waals surface area contributed by atoms with E-state index in [-0.39, 0.29) is 5.41 Å². The summed E-state index contributed by atoms with van der Waals surface area (Å²) < 4.78 is 0. The molecular formula is C16H20ClNS. The standard InChI is InChI=1S/C16H20ClNS/c1-12-6-7-13(14(17)9-12)10-18-11-16(2,3)15-5-4-8-19-15/h4-9,18H,10-11H2,1-3H3. The van der Waals surface area contributed by atoms with Gasteiger partial charge in [-0.3, -0.25) is 0 Å². The monoisotopic (exact) mass is 293 g/mol. The van der Waals surface area contributed by atoms with Gasteiger partial charge in [0.2, 0.25) is 0 Å². The second-order valence-electron chi connectivity index (χ2n) is 5.56. The third-order valence-corrected chi connectivity index (χ3v) is 4.87. The van der Waals surface area contributed by atoms with Crippen LogP contribution in [0.5, 0.6) is 0 Å². The Bertz CT molecular complexity index is 532. The average molecular weight is 294 g/mol. The largest absolute Gasteiger partial charge is 0.312 e. The number of aryl methyl sites for hydroxylation is 1. The zero-order valence-electron chi connectivity index (χ0n) is 11.7. The Hall–Kier alpha value is -0.830. The van der Waals surface area contributed by atoms with E-state index in [0.29, 0.717) is 0 Å². The smallest absolute Gasteiger partial charge is 0.0453 e. The number of halogens is 1. The molecule has 0 saturated heterocycles. The predicted molar refractivity (Wildman–Crippen MR) is 85.2 cm³/mol. The molecule has 1 aromatic carbocycles. The molecule has 1 heterocycles. The van der Waals surface area contributed by atoms with Crippen molar-refractivity contribution in [1.82, 2.24) is 5.32 Å². The van der Waals surface area contributed by atoms with Crippen LogP contribution in [0.3, 0.4) is 0 Å². The second kappa shape index (κ2) is 6.08. The highest BCUT2D eigenvalue weighted by Gasteiger charge is 2.21. The van der Waals surface area contributed by atoms with E-state index in [1.54, 1.807) is 0 Å². The van der Waals surface area contributed by atoms with Gasteiger partial charge >= 0.3 is 0 Å². The van der Waals surface area contributed by atoms with Crippen LogP contribution in [0.4, 0.5) is 0 Å². The number of nitrogens with one attached hydrogen (secondary N) is 1. The van der Waals surface area contributed by atoms with Gasteiger partial charge in [-0.25, -0.2) is 0 Å². The van der Waals surface area contributed by atoms with Gasteiger partial charge in [-0.05, 0) is 35.6 Å². The Labute approximate surface area is 124 Å². The molecule has 1 aromatic heterocycles. The fraction of sp³-hybridized carbons (Fsp3) is 0.375. The molecule has 0 bridgehead atoms. The highest BCUT2D eigenvalue weighted by Crippen LogP contribution is 2.27. The van der Waals surface area contributed by atoms with E-state index >= 15 is 0 Å². The van der Waals surface area contributed by atoms with Gasteiger partial charge in [-0.2, -0.15) is 0 Å². The molecule has 0 atom stereocenters. The third kappa shape index (κ3) is 3.82. The highest BCUT2D eigenvalue weighted by molar-refractivity contribution is 7.10. The lowest BCUT2D eigenvalue weighted by molar-refractivity contribution is 0.477. The van der Waals surface area contributed by atoms with E-state index in [4.69, 9.17) is 11.6 Å². The summed E-state index contributed by atoms with van der Waals surface area (Å²) in [5.74, 6) is 0. The molecule has 0 unspecified atom stereocenters. The van der Waals surface area contributed by atoms with Gasteiger partial charge in [0.15, 0.2) is 0 Å². The van der Waals surface area contributed by atoms with E-state index in [1.165, 1.54) is 10.4 Å². The van der Waals surface area contributed by atoms with Crippen molar-refractivity contribution in [3.8, 4) is 0 Å². The zero-order chi connectivity index (χ0) is 13.9. The molecule has 1 nitrogen and oxygen atoms in total. The summed E-state index contributed by atoms with van der Waals surface area (Å²) in [6.07, 6.45) is 0. The maximum absolute atomic E-state index is 6.24. The van der Waals surface area contributed by atoms with Crippen molar-refractivity contribution >= 4 is 22.9 Å². The summed E-state index contributed by atoms with van der Waals surface area (Å²) in [5.41, 5.74) is 2.52. The minimum atomic E-state index is 0.158. The molecule has 0 saturated carbocycles. The van der Waals surface area contributed by atoms with Crippen molar-refractivity contribution < 1.29 is 0 Å². The van der Waals surface area contributed by atoms with E-state index in [0.717, 1.165) is 23.7 Å². The molecule has 0 aliphatic rings. The van der Waals surface area contributed by atoms with E-state index in [9.17, 15) is 0 Å². The first-order valence-electron chi connectivity index (χ1n) is 6.49. The summed E-state index contributed by atoms with van der Waals surface area (Å²) >= 11 is 8.06. The van der Waals surface area contributed by atoms with Crippen LogP contribution in [-0.4, -0.2) is 6.54 Å². The molecule has 0 aliphatic heterocycles. The van der Waals surface area contributed by atoms with Gasteiger partial charge in [0.1, 0.15) is 0 Å². The highest BCUT2D eigenvalue weighted by atomic mass is 35.5. The first-order chi connectivity index (χ1) is 8.99. The topological polar surface area (TPSA) is 12.0 Å². The first kappa shape index (κ1) is 14.6. The summed E-state index contributed by atoms with van der Waals surface area (Å²) in [4.78, 5) is 1.41. The summed E-state index contributed by atoms with van der Waals surface area (Å²) in [6, 6.07) is 10.5. The lowest BCUT2D eigenvalue weighted by Crippen LogP contribution is -2.31. The molecule has 0 aliphatic carbocycles. The number of hydrogen-bond donors (Lipinski definition) is 1. The van der Waals surface area contributed by atoms with Crippen LogP contribution in [0.15, 0.2) is 35.7 Å². The molecular weight excluding hydrogens is 274 g/mol. The van der Waals surface area contributed by atoms with Gasteiger partial charge in [-0.15, -0.1) is 11.3 Å². The van der Waals surface area contributed by atoms with Crippen LogP contribution in [0, 0.1) is 6.92 Å². The van der Waals surface area contributed by atoms with E-state index in [2.05, 4.69) is 55.7 Å². The second-order valence-corrected chi connectivity index (χ2v) is 6.91. The predicted octanol–water partition coefficient (Wildman–Crippen LogP) is 4.78. The van der Waals surface area contributed by atoms with Gasteiger partial charge < -0.3 is 5.32 Å². The van der Waals surface area contributed by atoms with Crippen molar-refractivity contribution in [1.29, 1.82) is 0 Å². The molecule has 19 heavy (non-hydrogen) atoms. The molecule has 2 rings (SSSR count). The molecule has 102 valence electrons. The summed E-state index contributed by atoms with van der Waals surface area (Å²) in [7, 11) is 0. The normalized spacial score (nSPS) is 11.8. The Morgan fingerprint density at radius 3 is 2.68 bits per heavy atom. The molecule has 0 fully saturated rings. The van der Waals surface area contributed by atoms with E-state index in [1.807, 2.05) is 17.4 Å². The molecule has 0 amide bonds. The Balaban J connectivity index is 1.93. The SMILES string of the molecule is Cc1ccc(CNCC(C)(C)c2cccs2)c(Cl)c1. The lowest BCUT2D eigenvalue weighted by Gasteiger charge is -2.24. The molecule has 0 radical (unpaired) electrons. The van der Waals surface area contributed by atoms with Crippen LogP contribution in [0.25, 0.3) is 0 Å². The van der Waals surface area contributed by atoms with Crippen LogP contribution >= 0.6 is 22.9 Å². The summed E-state index contributed by atoms with van der Waals surface area (Å²) in [5, 5.41) is 6.49. The Morgan fingerprint density at radius 1 is 1.26 bits per heavy atom. The Morgan fingerprint density at radius 2 is 2.05 bits per heavy atom. The van der Waals surface area contributed by atoms with Crippen LogP contribution in [0.1, 0.15) is 29.9 Å². The maximum Gasteiger partial charge on any atom is 0.0453 e. The Kier molecular flexibility index (Phi) is 4.67. The minimum Gasteiger partial charge on any atom is -0.312 e. The third-order valence-electron chi connectivity index (χ3n) is 3.28. The van der Waals surface area contributed by atoms with Crippen molar-refractivity contribution in [3.05, 3.63) is 56.7 Å². The van der Waals surface area contributed by atoms with Crippen molar-refractivity contribution in [2.45, 2.75) is 32.7 Å². The average Bonchev–Trinajstić information content (AvgIpc) is 2.86. The zero-order valence-corrected chi connectivity index (χ0v) is 13.2. The number of hydrogen-bond acceptors (Lipinski definition) is 2. The van der Waals surface area contributed by atoms with Crippen LogP contribution < -0.4 is 5.32 Å². The lowest BCUT2D eigenvalue weighted by atomic mass is 9.91. The first-order valence-corrected chi connectivity index (χ1v) is 7.74. The van der Waals surface area contributed by atoms with Gasteiger partial charge in [0, 0.05) is 28.4 Å². The molecule has 2 aromatic rings. The fourth-order valence-electron chi connectivity index (χ4n) is 2.06.